The highest BCUT2D eigenvalue weighted by atomic mass is 16.7. The SMILES string of the molecule is C=C(C)C(C1OC1O)N(CC)CC. The van der Waals surface area contributed by atoms with Crippen LogP contribution in [0.4, 0.5) is 0 Å². The van der Waals surface area contributed by atoms with Crippen LogP contribution in [-0.2, 0) is 4.74 Å². The summed E-state index contributed by atoms with van der Waals surface area (Å²) >= 11 is 0. The summed E-state index contributed by atoms with van der Waals surface area (Å²) in [7, 11) is 0. The van der Waals surface area contributed by atoms with Crippen LogP contribution in [0.25, 0.3) is 0 Å². The molecule has 1 N–H and O–H groups in total. The fourth-order valence-corrected chi connectivity index (χ4v) is 1.76. The van der Waals surface area contributed by atoms with Gasteiger partial charge in [-0.05, 0) is 20.0 Å². The van der Waals surface area contributed by atoms with Gasteiger partial charge in [-0.2, -0.15) is 0 Å². The minimum Gasteiger partial charge on any atom is -0.366 e. The lowest BCUT2D eigenvalue weighted by Gasteiger charge is -2.28. The number of aliphatic hydroxyl groups is 1. The molecule has 0 spiro atoms. The van der Waals surface area contributed by atoms with Crippen LogP contribution in [0.3, 0.4) is 0 Å². The lowest BCUT2D eigenvalue weighted by atomic mass is 10.1. The Hall–Kier alpha value is -0.380. The first-order chi connectivity index (χ1) is 6.11. The van der Waals surface area contributed by atoms with Gasteiger partial charge in [-0.1, -0.05) is 26.0 Å². The molecule has 0 saturated carbocycles. The Morgan fingerprint density at radius 2 is 2.00 bits per heavy atom. The third-order valence-corrected chi connectivity index (χ3v) is 2.52. The number of rotatable bonds is 5. The van der Waals surface area contributed by atoms with E-state index in [1.54, 1.807) is 0 Å². The lowest BCUT2D eigenvalue weighted by Crippen LogP contribution is -2.40. The number of epoxide rings is 1. The molecule has 76 valence electrons. The molecule has 3 atom stereocenters. The zero-order valence-corrected chi connectivity index (χ0v) is 8.66. The summed E-state index contributed by atoms with van der Waals surface area (Å²) in [5.74, 6) is 0. The number of hydrogen-bond acceptors (Lipinski definition) is 3. The van der Waals surface area contributed by atoms with Crippen LogP contribution in [0.5, 0.6) is 0 Å². The van der Waals surface area contributed by atoms with Crippen molar-refractivity contribution in [1.29, 1.82) is 0 Å². The van der Waals surface area contributed by atoms with Crippen LogP contribution in [0.1, 0.15) is 20.8 Å². The van der Waals surface area contributed by atoms with Gasteiger partial charge in [0.15, 0.2) is 6.29 Å². The largest absolute Gasteiger partial charge is 0.366 e. The fraction of sp³-hybridized carbons (Fsp3) is 0.800. The number of likely N-dealkylation sites (N-methyl/N-ethyl adjacent to an activating group) is 1. The summed E-state index contributed by atoms with van der Waals surface area (Å²) in [4.78, 5) is 2.25. The van der Waals surface area contributed by atoms with Crippen molar-refractivity contribution in [1.82, 2.24) is 4.90 Å². The summed E-state index contributed by atoms with van der Waals surface area (Å²) in [5.41, 5.74) is 1.06. The summed E-state index contributed by atoms with van der Waals surface area (Å²) in [5, 5.41) is 9.20. The van der Waals surface area contributed by atoms with E-state index in [0.717, 1.165) is 18.7 Å². The van der Waals surface area contributed by atoms with Gasteiger partial charge in [0.25, 0.3) is 0 Å². The first kappa shape index (κ1) is 10.7. The van der Waals surface area contributed by atoms with E-state index >= 15 is 0 Å². The molecule has 0 bridgehead atoms. The molecule has 3 unspecified atom stereocenters. The number of aliphatic hydroxyl groups excluding tert-OH is 1. The first-order valence-electron chi connectivity index (χ1n) is 4.84. The minimum absolute atomic E-state index is 0.0580. The van der Waals surface area contributed by atoms with Gasteiger partial charge in [0.2, 0.25) is 0 Å². The highest BCUT2D eigenvalue weighted by molar-refractivity contribution is 5.10. The van der Waals surface area contributed by atoms with Gasteiger partial charge in [0.05, 0.1) is 6.04 Å². The molecule has 0 amide bonds. The topological polar surface area (TPSA) is 36.0 Å². The van der Waals surface area contributed by atoms with Crippen LogP contribution in [0.2, 0.25) is 0 Å². The molecule has 3 nitrogen and oxygen atoms in total. The molecular weight excluding hydrogens is 166 g/mol. The van der Waals surface area contributed by atoms with E-state index in [2.05, 4.69) is 25.3 Å². The normalized spacial score (nSPS) is 29.0. The number of ether oxygens (including phenoxy) is 1. The van der Waals surface area contributed by atoms with Crippen molar-refractivity contribution < 1.29 is 9.84 Å². The van der Waals surface area contributed by atoms with E-state index < -0.39 is 6.29 Å². The molecule has 0 aromatic rings. The Morgan fingerprint density at radius 3 is 2.23 bits per heavy atom. The zero-order valence-electron chi connectivity index (χ0n) is 8.66. The molecule has 0 aromatic heterocycles. The van der Waals surface area contributed by atoms with E-state index in [4.69, 9.17) is 4.74 Å². The van der Waals surface area contributed by atoms with Gasteiger partial charge >= 0.3 is 0 Å². The minimum atomic E-state index is -0.581. The molecule has 0 radical (unpaired) electrons. The Balaban J connectivity index is 2.61. The summed E-state index contributed by atoms with van der Waals surface area (Å²) < 4.78 is 5.08. The quantitative estimate of drug-likeness (QED) is 0.512. The second-order valence-electron chi connectivity index (χ2n) is 3.50. The van der Waals surface area contributed by atoms with Crippen LogP contribution >= 0.6 is 0 Å². The van der Waals surface area contributed by atoms with Crippen molar-refractivity contribution in [3.05, 3.63) is 12.2 Å². The standard InChI is InChI=1S/C10H19NO2/c1-5-11(6-2)8(7(3)4)9-10(12)13-9/h8-10,12H,3,5-6H2,1-2,4H3. The summed E-state index contributed by atoms with van der Waals surface area (Å²) in [6.07, 6.45) is -0.639. The van der Waals surface area contributed by atoms with Gasteiger partial charge in [0.1, 0.15) is 6.10 Å². The van der Waals surface area contributed by atoms with Crippen molar-refractivity contribution in [2.75, 3.05) is 13.1 Å². The highest BCUT2D eigenvalue weighted by Gasteiger charge is 2.45. The summed E-state index contributed by atoms with van der Waals surface area (Å²) in [6.45, 7) is 12.0. The van der Waals surface area contributed by atoms with Crippen molar-refractivity contribution in [3.8, 4) is 0 Å². The van der Waals surface area contributed by atoms with E-state index in [1.165, 1.54) is 0 Å². The van der Waals surface area contributed by atoms with E-state index in [-0.39, 0.29) is 12.1 Å². The van der Waals surface area contributed by atoms with Gasteiger partial charge in [-0.15, -0.1) is 0 Å². The molecule has 13 heavy (non-hydrogen) atoms. The van der Waals surface area contributed by atoms with E-state index in [1.807, 2.05) is 6.92 Å². The molecule has 1 fully saturated rings. The fourth-order valence-electron chi connectivity index (χ4n) is 1.76. The lowest BCUT2D eigenvalue weighted by molar-refractivity contribution is 0.154. The molecule has 1 heterocycles. The molecule has 3 heteroatoms. The monoisotopic (exact) mass is 185 g/mol. The van der Waals surface area contributed by atoms with Crippen molar-refractivity contribution in [2.45, 2.75) is 39.2 Å². The molecule has 1 aliphatic heterocycles. The van der Waals surface area contributed by atoms with Crippen molar-refractivity contribution in [2.24, 2.45) is 0 Å². The van der Waals surface area contributed by atoms with Crippen LogP contribution in [0.15, 0.2) is 12.2 Å². The Bertz CT molecular complexity index is 189. The molecule has 1 rings (SSSR count). The van der Waals surface area contributed by atoms with Crippen molar-refractivity contribution in [3.63, 3.8) is 0 Å². The predicted octanol–water partition coefficient (Wildman–Crippen LogP) is 0.990. The van der Waals surface area contributed by atoms with Crippen LogP contribution in [-0.4, -0.2) is 41.5 Å². The Morgan fingerprint density at radius 1 is 1.54 bits per heavy atom. The van der Waals surface area contributed by atoms with Gasteiger partial charge in [0, 0.05) is 0 Å². The van der Waals surface area contributed by atoms with Crippen molar-refractivity contribution >= 4 is 0 Å². The maximum Gasteiger partial charge on any atom is 0.183 e. The molecule has 0 aliphatic carbocycles. The van der Waals surface area contributed by atoms with Gasteiger partial charge in [-0.3, -0.25) is 4.90 Å². The Kier molecular flexibility index (Phi) is 3.47. The third kappa shape index (κ3) is 2.30. The maximum atomic E-state index is 9.20. The average molecular weight is 185 g/mol. The number of nitrogens with zero attached hydrogens (tertiary/aromatic N) is 1. The van der Waals surface area contributed by atoms with Crippen LogP contribution < -0.4 is 0 Å². The van der Waals surface area contributed by atoms with Gasteiger partial charge in [-0.25, -0.2) is 0 Å². The predicted molar refractivity (Wildman–Crippen MR) is 52.4 cm³/mol. The molecular formula is C10H19NO2. The highest BCUT2D eigenvalue weighted by Crippen LogP contribution is 2.29. The zero-order chi connectivity index (χ0) is 10.0. The summed E-state index contributed by atoms with van der Waals surface area (Å²) in [6, 6.07) is 0.171. The van der Waals surface area contributed by atoms with Crippen LogP contribution in [0, 0.1) is 0 Å². The second kappa shape index (κ2) is 4.22. The number of hydrogen-bond donors (Lipinski definition) is 1. The smallest absolute Gasteiger partial charge is 0.183 e. The van der Waals surface area contributed by atoms with E-state index in [9.17, 15) is 5.11 Å². The molecule has 0 aromatic carbocycles. The average Bonchev–Trinajstić information content (AvgIpc) is 2.77. The Labute approximate surface area is 80.0 Å². The van der Waals surface area contributed by atoms with E-state index in [0.29, 0.717) is 0 Å². The molecule has 1 aliphatic rings. The second-order valence-corrected chi connectivity index (χ2v) is 3.50. The van der Waals surface area contributed by atoms with Gasteiger partial charge < -0.3 is 9.84 Å². The molecule has 1 saturated heterocycles. The first-order valence-corrected chi connectivity index (χ1v) is 4.84. The third-order valence-electron chi connectivity index (χ3n) is 2.52. The maximum absolute atomic E-state index is 9.20.